The van der Waals surface area contributed by atoms with E-state index in [1.165, 1.54) is 24.8 Å². The van der Waals surface area contributed by atoms with Crippen LogP contribution in [0.5, 0.6) is 0 Å². The molecule has 0 aromatic heterocycles. The van der Waals surface area contributed by atoms with Gasteiger partial charge in [-0.2, -0.15) is 0 Å². The number of carbonyl (C=O) groups is 1. The van der Waals surface area contributed by atoms with Gasteiger partial charge in [-0.3, -0.25) is 4.79 Å². The van der Waals surface area contributed by atoms with Gasteiger partial charge in [-0.25, -0.2) is 0 Å². The van der Waals surface area contributed by atoms with Crippen molar-refractivity contribution in [3.8, 4) is 0 Å². The van der Waals surface area contributed by atoms with Crippen LogP contribution in [-0.2, 0) is 4.79 Å². The van der Waals surface area contributed by atoms with Crippen LogP contribution in [0.3, 0.4) is 0 Å². The van der Waals surface area contributed by atoms with Crippen LogP contribution < -0.4 is 0 Å². The second kappa shape index (κ2) is 6.87. The van der Waals surface area contributed by atoms with Crippen LogP contribution in [0.1, 0.15) is 50.1 Å². The average Bonchev–Trinajstić information content (AvgIpc) is 2.47. The van der Waals surface area contributed by atoms with Crippen LogP contribution in [0.25, 0.3) is 0 Å². The highest BCUT2D eigenvalue weighted by molar-refractivity contribution is 6.30. The summed E-state index contributed by atoms with van der Waals surface area (Å²) < 4.78 is 0. The molecular formula is C19H24ClNO. The first-order valence-corrected chi connectivity index (χ1v) is 8.73. The molecule has 2 aliphatic rings. The summed E-state index contributed by atoms with van der Waals surface area (Å²) in [6.07, 6.45) is 8.53. The molecule has 1 aromatic rings. The zero-order chi connectivity index (χ0) is 15.5. The van der Waals surface area contributed by atoms with Gasteiger partial charge in [0.25, 0.3) is 0 Å². The van der Waals surface area contributed by atoms with E-state index < -0.39 is 0 Å². The third kappa shape index (κ3) is 3.22. The normalized spacial score (nSPS) is 25.9. The lowest BCUT2D eigenvalue weighted by atomic mass is 9.81. The molecule has 0 radical (unpaired) electrons. The lowest BCUT2D eigenvalue weighted by Gasteiger charge is -2.43. The largest absolute Gasteiger partial charge is 0.335 e. The monoisotopic (exact) mass is 317 g/mol. The van der Waals surface area contributed by atoms with Crippen LogP contribution in [0.15, 0.2) is 36.9 Å². The van der Waals surface area contributed by atoms with Gasteiger partial charge in [0.15, 0.2) is 0 Å². The molecule has 2 atom stereocenters. The molecule has 1 aliphatic carbocycles. The fourth-order valence-electron chi connectivity index (χ4n) is 3.65. The van der Waals surface area contributed by atoms with Crippen molar-refractivity contribution in [2.75, 3.05) is 6.54 Å². The van der Waals surface area contributed by atoms with Crippen LogP contribution in [0.4, 0.5) is 0 Å². The molecule has 1 amide bonds. The lowest BCUT2D eigenvalue weighted by molar-refractivity contribution is -0.143. The third-order valence-electron chi connectivity index (χ3n) is 5.18. The number of halogens is 1. The van der Waals surface area contributed by atoms with E-state index in [4.69, 9.17) is 11.6 Å². The quantitative estimate of drug-likeness (QED) is 0.700. The number of nitrogens with zero attached hydrogens (tertiary/aromatic N) is 1. The number of piperidine rings is 1. The first-order valence-electron chi connectivity index (χ1n) is 8.36. The molecule has 1 heterocycles. The summed E-state index contributed by atoms with van der Waals surface area (Å²) in [6.45, 7) is 4.72. The van der Waals surface area contributed by atoms with E-state index in [-0.39, 0.29) is 12.0 Å². The first-order chi connectivity index (χ1) is 10.7. The predicted octanol–water partition coefficient (Wildman–Crippen LogP) is 5.00. The van der Waals surface area contributed by atoms with Crippen LogP contribution >= 0.6 is 11.6 Å². The van der Waals surface area contributed by atoms with Gasteiger partial charge in [-0.15, -0.1) is 6.58 Å². The summed E-state index contributed by atoms with van der Waals surface area (Å²) in [4.78, 5) is 15.0. The Bertz CT molecular complexity index is 535. The predicted molar refractivity (Wildman–Crippen MR) is 90.8 cm³/mol. The summed E-state index contributed by atoms with van der Waals surface area (Å²) >= 11 is 6.00. The highest BCUT2D eigenvalue weighted by atomic mass is 35.5. The molecule has 1 saturated carbocycles. The third-order valence-corrected chi connectivity index (χ3v) is 5.43. The fourth-order valence-corrected chi connectivity index (χ4v) is 3.77. The summed E-state index contributed by atoms with van der Waals surface area (Å²) in [5, 5.41) is 0.751. The van der Waals surface area contributed by atoms with Crippen molar-refractivity contribution < 1.29 is 4.79 Å². The van der Waals surface area contributed by atoms with Crippen molar-refractivity contribution in [1.82, 2.24) is 4.90 Å². The van der Waals surface area contributed by atoms with E-state index >= 15 is 0 Å². The number of amides is 1. The maximum atomic E-state index is 12.9. The van der Waals surface area contributed by atoms with Gasteiger partial charge in [0, 0.05) is 17.5 Å². The Kier molecular flexibility index (Phi) is 4.87. The maximum absolute atomic E-state index is 12.9. The van der Waals surface area contributed by atoms with E-state index in [0.717, 1.165) is 30.8 Å². The standard InChI is InChI=1S/C19H24ClNO/c1-2-4-16-9-12-18(15-7-10-17(20)11-8-15)21(19(16)22)13-14-5-3-6-14/h2,7-8,10-11,14,16,18H,1,3-6,9,12-13H2/t16?,18-/m0/s1. The van der Waals surface area contributed by atoms with Crippen molar-refractivity contribution in [3.05, 3.63) is 47.5 Å². The van der Waals surface area contributed by atoms with Gasteiger partial charge < -0.3 is 4.90 Å². The number of carbonyl (C=O) groups excluding carboxylic acids is 1. The molecule has 2 fully saturated rings. The van der Waals surface area contributed by atoms with Crippen LogP contribution in [-0.4, -0.2) is 17.4 Å². The van der Waals surface area contributed by atoms with E-state index in [0.29, 0.717) is 11.8 Å². The smallest absolute Gasteiger partial charge is 0.226 e. The molecule has 2 nitrogen and oxygen atoms in total. The minimum absolute atomic E-state index is 0.126. The SMILES string of the molecule is C=CCC1CC[C@@H](c2ccc(Cl)cc2)N(CC2CCC2)C1=O. The van der Waals surface area contributed by atoms with Crippen molar-refractivity contribution >= 4 is 17.5 Å². The average molecular weight is 318 g/mol. The Morgan fingerprint density at radius 3 is 2.50 bits per heavy atom. The molecule has 118 valence electrons. The second-order valence-corrected chi connectivity index (χ2v) is 7.09. The van der Waals surface area contributed by atoms with Gasteiger partial charge >= 0.3 is 0 Å². The molecule has 3 rings (SSSR count). The van der Waals surface area contributed by atoms with Crippen LogP contribution in [0, 0.1) is 11.8 Å². The van der Waals surface area contributed by atoms with E-state index in [1.807, 2.05) is 18.2 Å². The number of hydrogen-bond donors (Lipinski definition) is 0. The Labute approximate surface area is 138 Å². The summed E-state index contributed by atoms with van der Waals surface area (Å²) in [6, 6.07) is 8.22. The van der Waals surface area contributed by atoms with Gasteiger partial charge in [0.05, 0.1) is 6.04 Å². The Morgan fingerprint density at radius 1 is 1.18 bits per heavy atom. The number of allylic oxidation sites excluding steroid dienone is 1. The molecule has 0 bridgehead atoms. The molecule has 0 N–H and O–H groups in total. The minimum Gasteiger partial charge on any atom is -0.335 e. The van der Waals surface area contributed by atoms with E-state index in [9.17, 15) is 4.79 Å². The van der Waals surface area contributed by atoms with Crippen LogP contribution in [0.2, 0.25) is 5.02 Å². The number of likely N-dealkylation sites (tertiary alicyclic amines) is 1. The number of benzene rings is 1. The minimum atomic E-state index is 0.126. The van der Waals surface area contributed by atoms with Crippen molar-refractivity contribution in [3.63, 3.8) is 0 Å². The van der Waals surface area contributed by atoms with Crippen molar-refractivity contribution in [1.29, 1.82) is 0 Å². The molecule has 1 aromatic carbocycles. The number of hydrogen-bond acceptors (Lipinski definition) is 1. The Morgan fingerprint density at radius 2 is 1.91 bits per heavy atom. The molecular weight excluding hydrogens is 294 g/mol. The van der Waals surface area contributed by atoms with Gasteiger partial charge in [-0.1, -0.05) is 36.2 Å². The second-order valence-electron chi connectivity index (χ2n) is 6.65. The van der Waals surface area contributed by atoms with Gasteiger partial charge in [0.1, 0.15) is 0 Å². The van der Waals surface area contributed by atoms with Crippen molar-refractivity contribution in [2.45, 2.75) is 44.6 Å². The van der Waals surface area contributed by atoms with E-state index in [2.05, 4.69) is 23.6 Å². The number of rotatable bonds is 5. The van der Waals surface area contributed by atoms with Crippen molar-refractivity contribution in [2.24, 2.45) is 11.8 Å². The summed E-state index contributed by atoms with van der Waals surface area (Å²) in [5.74, 6) is 1.14. The Hall–Kier alpha value is -1.28. The topological polar surface area (TPSA) is 20.3 Å². The van der Waals surface area contributed by atoms with Gasteiger partial charge in [-0.05, 0) is 55.7 Å². The fraction of sp³-hybridized carbons (Fsp3) is 0.526. The maximum Gasteiger partial charge on any atom is 0.226 e. The summed E-state index contributed by atoms with van der Waals surface area (Å²) in [5.41, 5.74) is 1.22. The lowest BCUT2D eigenvalue weighted by Crippen LogP contribution is -2.46. The zero-order valence-corrected chi connectivity index (χ0v) is 13.8. The summed E-state index contributed by atoms with van der Waals surface area (Å²) in [7, 11) is 0. The molecule has 22 heavy (non-hydrogen) atoms. The highest BCUT2D eigenvalue weighted by Gasteiger charge is 2.37. The molecule has 1 unspecified atom stereocenters. The first kappa shape index (κ1) is 15.6. The highest BCUT2D eigenvalue weighted by Crippen LogP contribution is 2.38. The molecule has 0 spiro atoms. The molecule has 1 saturated heterocycles. The zero-order valence-electron chi connectivity index (χ0n) is 13.0. The molecule has 3 heteroatoms. The van der Waals surface area contributed by atoms with Gasteiger partial charge in [0.2, 0.25) is 5.91 Å². The Balaban J connectivity index is 1.81. The van der Waals surface area contributed by atoms with E-state index in [1.54, 1.807) is 0 Å². The molecule has 1 aliphatic heterocycles.